The number of fused-ring (bicyclic) bond motifs is 3. The van der Waals surface area contributed by atoms with E-state index in [4.69, 9.17) is 15.0 Å². The number of nitrogen functional groups attached to an aromatic ring is 1. The Kier molecular flexibility index (Phi) is 6.98. The predicted octanol–water partition coefficient (Wildman–Crippen LogP) is 1.25. The van der Waals surface area contributed by atoms with Crippen LogP contribution in [0.3, 0.4) is 0 Å². The molecule has 5 atom stereocenters. The second kappa shape index (κ2) is 8.94. The van der Waals surface area contributed by atoms with Gasteiger partial charge in [0.2, 0.25) is 0 Å². The zero-order chi connectivity index (χ0) is 23.9. The van der Waals surface area contributed by atoms with E-state index in [1.165, 1.54) is 10.9 Å². The SMILES string of the molecule is CCC(C)(OP(=O)(O)C(O)(CC)CC)[C@@H]1CO[C@H]([C@H](O)CO)n2c1nc1c(N)ncnc12. The van der Waals surface area contributed by atoms with Gasteiger partial charge in [-0.25, -0.2) is 15.0 Å². The van der Waals surface area contributed by atoms with Crippen LogP contribution in [0.25, 0.3) is 11.2 Å². The van der Waals surface area contributed by atoms with Crippen LogP contribution in [-0.2, 0) is 13.8 Å². The van der Waals surface area contributed by atoms with Gasteiger partial charge in [-0.05, 0) is 26.2 Å². The standard InChI is InChI=1S/C19H32N5O7P/c1-5-18(4,31-32(28,29)19(27,6-2)7-3)11-9-30-17(12(26)8-25)24-15(11)23-13-14(20)21-10-22-16(13)24/h10-12,17,25-27H,5-9H2,1-4H3,(H,28,29)(H2,20,21,22)/t11-,12-,17-,18?/m1/s1. The fourth-order valence-corrected chi connectivity index (χ4v) is 5.79. The van der Waals surface area contributed by atoms with Crippen molar-refractivity contribution in [1.82, 2.24) is 19.5 Å². The molecule has 1 aliphatic rings. The fourth-order valence-electron chi connectivity index (χ4n) is 4.00. The highest BCUT2D eigenvalue weighted by Crippen LogP contribution is 2.61. The summed E-state index contributed by atoms with van der Waals surface area (Å²) in [6.07, 6.45) is -0.672. The van der Waals surface area contributed by atoms with Gasteiger partial charge >= 0.3 is 7.60 Å². The number of aliphatic hydroxyl groups is 3. The van der Waals surface area contributed by atoms with Crippen molar-refractivity contribution in [1.29, 1.82) is 0 Å². The van der Waals surface area contributed by atoms with Gasteiger partial charge in [0.1, 0.15) is 18.3 Å². The quantitative estimate of drug-likeness (QED) is 0.330. The van der Waals surface area contributed by atoms with Gasteiger partial charge in [-0.3, -0.25) is 13.7 Å². The zero-order valence-corrected chi connectivity index (χ0v) is 19.6. The zero-order valence-electron chi connectivity index (χ0n) is 18.7. The summed E-state index contributed by atoms with van der Waals surface area (Å²) in [5.41, 5.74) is 5.26. The van der Waals surface area contributed by atoms with Crippen molar-refractivity contribution >= 4 is 24.6 Å². The van der Waals surface area contributed by atoms with Crippen LogP contribution in [0, 0.1) is 0 Å². The molecule has 0 aromatic carbocycles. The number of nitrogens with two attached hydrogens (primary N) is 1. The average Bonchev–Trinajstić information content (AvgIpc) is 3.17. The summed E-state index contributed by atoms with van der Waals surface area (Å²) in [4.78, 5) is 23.5. The molecule has 2 aromatic heterocycles. The van der Waals surface area contributed by atoms with Crippen molar-refractivity contribution in [3.05, 3.63) is 12.2 Å². The monoisotopic (exact) mass is 473 g/mol. The molecule has 0 aliphatic carbocycles. The van der Waals surface area contributed by atoms with Gasteiger partial charge in [0, 0.05) is 0 Å². The minimum Gasteiger partial charge on any atom is -0.394 e. The molecule has 3 heterocycles. The smallest absolute Gasteiger partial charge is 0.359 e. The lowest BCUT2D eigenvalue weighted by atomic mass is 9.86. The minimum absolute atomic E-state index is 0.0284. The summed E-state index contributed by atoms with van der Waals surface area (Å²) < 4.78 is 26.4. The molecule has 6 N–H and O–H groups in total. The van der Waals surface area contributed by atoms with Crippen molar-refractivity contribution < 1.29 is 34.0 Å². The van der Waals surface area contributed by atoms with Crippen molar-refractivity contribution in [3.63, 3.8) is 0 Å². The van der Waals surface area contributed by atoms with Gasteiger partial charge in [0.15, 0.2) is 28.6 Å². The molecule has 0 saturated carbocycles. The highest BCUT2D eigenvalue weighted by Gasteiger charge is 2.53. The number of nitrogens with zero attached hydrogens (tertiary/aromatic N) is 4. The first kappa shape index (κ1) is 25.0. The second-order valence-corrected chi connectivity index (χ2v) is 10.3. The molecule has 0 amide bonds. The molecule has 0 spiro atoms. The van der Waals surface area contributed by atoms with Crippen molar-refractivity contribution in [3.8, 4) is 0 Å². The highest BCUT2D eigenvalue weighted by atomic mass is 31.2. The molecular formula is C19H32N5O7P. The Morgan fingerprint density at radius 3 is 2.56 bits per heavy atom. The third kappa shape index (κ3) is 3.94. The number of aliphatic hydroxyl groups excluding tert-OH is 2. The Balaban J connectivity index is 2.14. The van der Waals surface area contributed by atoms with Crippen LogP contribution in [0.1, 0.15) is 64.9 Å². The molecule has 0 radical (unpaired) electrons. The number of hydrogen-bond donors (Lipinski definition) is 5. The van der Waals surface area contributed by atoms with Crippen LogP contribution in [0.4, 0.5) is 5.82 Å². The number of anilines is 1. The van der Waals surface area contributed by atoms with E-state index in [-0.39, 0.29) is 37.2 Å². The Bertz CT molecular complexity index is 1010. The van der Waals surface area contributed by atoms with Gasteiger partial charge in [-0.15, -0.1) is 0 Å². The lowest BCUT2D eigenvalue weighted by Gasteiger charge is -2.44. The summed E-state index contributed by atoms with van der Waals surface area (Å²) in [5, 5.41) is 28.7. The molecule has 2 aromatic rings. The van der Waals surface area contributed by atoms with Gasteiger partial charge in [-0.2, -0.15) is 0 Å². The lowest BCUT2D eigenvalue weighted by molar-refractivity contribution is -0.134. The van der Waals surface area contributed by atoms with E-state index < -0.39 is 43.4 Å². The summed E-state index contributed by atoms with van der Waals surface area (Å²) in [6, 6.07) is 0. The Hall–Kier alpha value is -1.66. The van der Waals surface area contributed by atoms with Gasteiger partial charge in [0.25, 0.3) is 0 Å². The first-order valence-electron chi connectivity index (χ1n) is 10.6. The van der Waals surface area contributed by atoms with E-state index in [9.17, 15) is 24.8 Å². The molecular weight excluding hydrogens is 441 g/mol. The maximum Gasteiger partial charge on any atom is 0.359 e. The van der Waals surface area contributed by atoms with Crippen LogP contribution < -0.4 is 5.73 Å². The van der Waals surface area contributed by atoms with E-state index in [1.807, 2.05) is 0 Å². The van der Waals surface area contributed by atoms with E-state index >= 15 is 0 Å². The molecule has 12 nitrogen and oxygen atoms in total. The first-order chi connectivity index (χ1) is 15.0. The first-order valence-corrected chi connectivity index (χ1v) is 12.2. The average molecular weight is 473 g/mol. The van der Waals surface area contributed by atoms with Crippen molar-refractivity contribution in [2.75, 3.05) is 18.9 Å². The topological polar surface area (TPSA) is 186 Å². The van der Waals surface area contributed by atoms with Gasteiger partial charge in [0.05, 0.1) is 24.7 Å². The fraction of sp³-hybridized carbons (Fsp3) is 0.737. The number of hydrogen-bond acceptors (Lipinski definition) is 10. The Morgan fingerprint density at radius 2 is 2.00 bits per heavy atom. The minimum atomic E-state index is -4.49. The number of rotatable bonds is 9. The maximum atomic E-state index is 13.2. The second-order valence-electron chi connectivity index (χ2n) is 8.27. The molecule has 1 aliphatic heterocycles. The summed E-state index contributed by atoms with van der Waals surface area (Å²) in [7, 11) is -4.49. The molecule has 3 rings (SSSR count). The van der Waals surface area contributed by atoms with E-state index in [0.29, 0.717) is 11.5 Å². The van der Waals surface area contributed by atoms with Crippen molar-refractivity contribution in [2.24, 2.45) is 0 Å². The van der Waals surface area contributed by atoms with Crippen molar-refractivity contribution in [2.45, 2.75) is 76.2 Å². The lowest BCUT2D eigenvalue weighted by Crippen LogP contribution is -2.46. The van der Waals surface area contributed by atoms with Crippen LogP contribution in [0.15, 0.2) is 6.33 Å². The number of aromatic nitrogens is 4. The third-order valence-electron chi connectivity index (χ3n) is 6.48. The Labute approximate surface area is 186 Å². The van der Waals surface area contributed by atoms with Gasteiger partial charge < -0.3 is 30.7 Å². The summed E-state index contributed by atoms with van der Waals surface area (Å²) in [5.74, 6) is -0.204. The van der Waals surface area contributed by atoms with Crippen LogP contribution in [0.2, 0.25) is 0 Å². The van der Waals surface area contributed by atoms with Crippen LogP contribution >= 0.6 is 7.60 Å². The number of ether oxygens (including phenoxy) is 1. The van der Waals surface area contributed by atoms with E-state index in [1.54, 1.807) is 27.7 Å². The highest BCUT2D eigenvalue weighted by molar-refractivity contribution is 7.54. The molecule has 0 bridgehead atoms. The Morgan fingerprint density at radius 1 is 1.34 bits per heavy atom. The summed E-state index contributed by atoms with van der Waals surface area (Å²) >= 11 is 0. The van der Waals surface area contributed by atoms with Crippen LogP contribution in [0.5, 0.6) is 0 Å². The molecule has 180 valence electrons. The maximum absolute atomic E-state index is 13.2. The molecule has 13 heteroatoms. The third-order valence-corrected chi connectivity index (χ3v) is 8.83. The number of imidazole rings is 1. The van der Waals surface area contributed by atoms with Gasteiger partial charge in [-0.1, -0.05) is 20.8 Å². The van der Waals surface area contributed by atoms with Crippen LogP contribution in [-0.4, -0.2) is 70.0 Å². The normalized spacial score (nSPS) is 24.0. The molecule has 2 unspecified atom stereocenters. The van der Waals surface area contributed by atoms with E-state index in [0.717, 1.165) is 0 Å². The largest absolute Gasteiger partial charge is 0.394 e. The van der Waals surface area contributed by atoms with E-state index in [2.05, 4.69) is 15.0 Å². The molecule has 32 heavy (non-hydrogen) atoms. The molecule has 0 saturated heterocycles. The summed E-state index contributed by atoms with van der Waals surface area (Å²) in [6.45, 7) is 6.07. The molecule has 0 fully saturated rings. The predicted molar refractivity (Wildman–Crippen MR) is 116 cm³/mol.